The predicted molar refractivity (Wildman–Crippen MR) is 88.9 cm³/mol. The van der Waals surface area contributed by atoms with Crippen LogP contribution in [0.1, 0.15) is 35.7 Å². The van der Waals surface area contributed by atoms with E-state index >= 15 is 0 Å². The molecule has 2 rings (SSSR count). The van der Waals surface area contributed by atoms with Gasteiger partial charge in [-0.1, -0.05) is 19.9 Å². The normalized spacial score (nSPS) is 10.4. The second kappa shape index (κ2) is 7.22. The molecule has 4 nitrogen and oxygen atoms in total. The van der Waals surface area contributed by atoms with Crippen LogP contribution in [-0.2, 0) is 17.8 Å². The molecule has 1 amide bonds. The lowest BCUT2D eigenvalue weighted by Gasteiger charge is -2.13. The number of hydrogen-bond donors (Lipinski definition) is 2. The average molecular weight is 303 g/mol. The number of carbonyl (C=O) groups excluding carboxylic acids is 1. The van der Waals surface area contributed by atoms with E-state index in [-0.39, 0.29) is 5.91 Å². The van der Waals surface area contributed by atoms with Crippen molar-refractivity contribution < 1.29 is 4.79 Å². The van der Waals surface area contributed by atoms with Crippen LogP contribution in [0.15, 0.2) is 24.4 Å². The average Bonchev–Trinajstić information content (AvgIpc) is 2.96. The van der Waals surface area contributed by atoms with Crippen molar-refractivity contribution in [2.75, 3.05) is 10.6 Å². The van der Waals surface area contributed by atoms with Gasteiger partial charge in [-0.05, 0) is 31.0 Å². The minimum Gasteiger partial charge on any atom is -0.380 e. The highest BCUT2D eigenvalue weighted by Gasteiger charge is 2.07. The Morgan fingerprint density at radius 1 is 1.29 bits per heavy atom. The molecule has 21 heavy (non-hydrogen) atoms. The van der Waals surface area contributed by atoms with Crippen LogP contribution in [0.25, 0.3) is 0 Å². The second-order valence-electron chi connectivity index (χ2n) is 4.81. The van der Waals surface area contributed by atoms with Gasteiger partial charge in [-0.15, -0.1) is 11.3 Å². The van der Waals surface area contributed by atoms with Crippen LogP contribution in [0.2, 0.25) is 0 Å². The number of aromatic nitrogens is 1. The van der Waals surface area contributed by atoms with Crippen LogP contribution >= 0.6 is 11.3 Å². The standard InChI is InChI=1S/C16H21N3OS/c1-4-15(20)19-14-8-6-7-13(11(14)3)17-9-12-10-18-16(5-2)21-12/h6-8,10,17H,4-5,9H2,1-3H3,(H,19,20). The van der Waals surface area contributed by atoms with Gasteiger partial charge >= 0.3 is 0 Å². The molecule has 1 heterocycles. The predicted octanol–water partition coefficient (Wildman–Crippen LogP) is 3.97. The quantitative estimate of drug-likeness (QED) is 0.849. The van der Waals surface area contributed by atoms with Crippen LogP contribution in [0.3, 0.4) is 0 Å². The number of rotatable bonds is 6. The van der Waals surface area contributed by atoms with Gasteiger partial charge in [0.15, 0.2) is 0 Å². The van der Waals surface area contributed by atoms with Crippen LogP contribution in [-0.4, -0.2) is 10.9 Å². The van der Waals surface area contributed by atoms with E-state index in [1.54, 1.807) is 11.3 Å². The first kappa shape index (κ1) is 15.5. The Hall–Kier alpha value is -1.88. The first-order chi connectivity index (χ1) is 10.1. The summed E-state index contributed by atoms with van der Waals surface area (Å²) < 4.78 is 0. The van der Waals surface area contributed by atoms with Crippen molar-refractivity contribution in [2.24, 2.45) is 0 Å². The van der Waals surface area contributed by atoms with Gasteiger partial charge in [0, 0.05) is 28.9 Å². The zero-order chi connectivity index (χ0) is 15.2. The van der Waals surface area contributed by atoms with Crippen molar-refractivity contribution in [2.45, 2.75) is 40.2 Å². The molecular weight excluding hydrogens is 282 g/mol. The molecule has 0 bridgehead atoms. The molecule has 0 saturated heterocycles. The minimum atomic E-state index is 0.0327. The van der Waals surface area contributed by atoms with Gasteiger partial charge in [0.1, 0.15) is 0 Å². The fourth-order valence-electron chi connectivity index (χ4n) is 1.98. The molecule has 1 aromatic carbocycles. The maximum absolute atomic E-state index is 11.5. The molecule has 112 valence electrons. The molecule has 0 unspecified atom stereocenters. The number of carbonyl (C=O) groups is 1. The van der Waals surface area contributed by atoms with Crippen LogP contribution in [0, 0.1) is 6.92 Å². The highest BCUT2D eigenvalue weighted by Crippen LogP contribution is 2.24. The highest BCUT2D eigenvalue weighted by molar-refractivity contribution is 7.11. The third-order valence-electron chi connectivity index (χ3n) is 3.29. The van der Waals surface area contributed by atoms with E-state index < -0.39 is 0 Å². The molecule has 1 aromatic heterocycles. The second-order valence-corrected chi connectivity index (χ2v) is 6.01. The first-order valence-electron chi connectivity index (χ1n) is 7.21. The SMILES string of the molecule is CCC(=O)Nc1cccc(NCc2cnc(CC)s2)c1C. The monoisotopic (exact) mass is 303 g/mol. The molecule has 0 aliphatic rings. The van der Waals surface area contributed by atoms with E-state index in [1.165, 1.54) is 4.88 Å². The Kier molecular flexibility index (Phi) is 5.33. The van der Waals surface area contributed by atoms with Crippen LogP contribution in [0.4, 0.5) is 11.4 Å². The van der Waals surface area contributed by atoms with E-state index in [4.69, 9.17) is 0 Å². The number of nitrogens with one attached hydrogen (secondary N) is 2. The molecule has 0 atom stereocenters. The third kappa shape index (κ3) is 4.04. The number of aryl methyl sites for hydroxylation is 1. The van der Waals surface area contributed by atoms with Crippen molar-refractivity contribution in [1.82, 2.24) is 4.98 Å². The molecule has 0 saturated carbocycles. The topological polar surface area (TPSA) is 54.0 Å². The summed E-state index contributed by atoms with van der Waals surface area (Å²) >= 11 is 1.73. The molecule has 0 aliphatic carbocycles. The number of benzene rings is 1. The maximum Gasteiger partial charge on any atom is 0.224 e. The lowest BCUT2D eigenvalue weighted by Crippen LogP contribution is -2.11. The van der Waals surface area contributed by atoms with E-state index in [2.05, 4.69) is 22.5 Å². The van der Waals surface area contributed by atoms with E-state index in [0.717, 1.165) is 34.9 Å². The van der Waals surface area contributed by atoms with Crippen molar-refractivity contribution in [3.63, 3.8) is 0 Å². The third-order valence-corrected chi connectivity index (χ3v) is 4.43. The first-order valence-corrected chi connectivity index (χ1v) is 8.02. The number of nitrogens with zero attached hydrogens (tertiary/aromatic N) is 1. The largest absolute Gasteiger partial charge is 0.380 e. The van der Waals surface area contributed by atoms with Gasteiger partial charge in [0.05, 0.1) is 11.6 Å². The van der Waals surface area contributed by atoms with Crippen molar-refractivity contribution in [3.05, 3.63) is 39.8 Å². The molecule has 5 heteroatoms. The summed E-state index contributed by atoms with van der Waals surface area (Å²) in [4.78, 5) is 17.1. The molecule has 2 aromatic rings. The Morgan fingerprint density at radius 2 is 2.05 bits per heavy atom. The summed E-state index contributed by atoms with van der Waals surface area (Å²) in [5.41, 5.74) is 2.96. The van der Waals surface area contributed by atoms with Gasteiger partial charge in [-0.3, -0.25) is 4.79 Å². The summed E-state index contributed by atoms with van der Waals surface area (Å²) in [6, 6.07) is 5.90. The fraction of sp³-hybridized carbons (Fsp3) is 0.375. The molecular formula is C16H21N3OS. The Bertz CT molecular complexity index is 622. The van der Waals surface area contributed by atoms with Crippen LogP contribution in [0.5, 0.6) is 0 Å². The summed E-state index contributed by atoms with van der Waals surface area (Å²) in [5.74, 6) is 0.0327. The highest BCUT2D eigenvalue weighted by atomic mass is 32.1. The minimum absolute atomic E-state index is 0.0327. The zero-order valence-corrected chi connectivity index (χ0v) is 13.5. The van der Waals surface area contributed by atoms with Crippen molar-refractivity contribution in [3.8, 4) is 0 Å². The molecule has 0 aliphatic heterocycles. The summed E-state index contributed by atoms with van der Waals surface area (Å²) in [6.45, 7) is 6.73. The van der Waals surface area contributed by atoms with E-state index in [0.29, 0.717) is 6.42 Å². The summed E-state index contributed by atoms with van der Waals surface area (Å²) in [6.07, 6.45) is 3.38. The van der Waals surface area contributed by atoms with Gasteiger partial charge in [-0.25, -0.2) is 4.98 Å². The summed E-state index contributed by atoms with van der Waals surface area (Å²) in [5, 5.41) is 7.50. The molecule has 0 radical (unpaired) electrons. The Labute approximate surface area is 129 Å². The van der Waals surface area contributed by atoms with Crippen LogP contribution < -0.4 is 10.6 Å². The van der Waals surface area contributed by atoms with Gasteiger partial charge in [-0.2, -0.15) is 0 Å². The lowest BCUT2D eigenvalue weighted by atomic mass is 10.1. The van der Waals surface area contributed by atoms with Gasteiger partial charge in [0.25, 0.3) is 0 Å². The number of thiazole rings is 1. The van der Waals surface area contributed by atoms with Crippen molar-refractivity contribution >= 4 is 28.6 Å². The van der Waals surface area contributed by atoms with Gasteiger partial charge < -0.3 is 10.6 Å². The van der Waals surface area contributed by atoms with E-state index in [9.17, 15) is 4.79 Å². The Morgan fingerprint density at radius 3 is 2.71 bits per heavy atom. The maximum atomic E-state index is 11.5. The molecule has 0 fully saturated rings. The number of amides is 1. The van der Waals surface area contributed by atoms with Crippen molar-refractivity contribution in [1.29, 1.82) is 0 Å². The Balaban J connectivity index is 2.06. The smallest absolute Gasteiger partial charge is 0.224 e. The number of hydrogen-bond acceptors (Lipinski definition) is 4. The fourth-order valence-corrected chi connectivity index (χ4v) is 2.78. The molecule has 0 spiro atoms. The van der Waals surface area contributed by atoms with E-state index in [1.807, 2.05) is 38.2 Å². The summed E-state index contributed by atoms with van der Waals surface area (Å²) in [7, 11) is 0. The molecule has 2 N–H and O–H groups in total. The van der Waals surface area contributed by atoms with Gasteiger partial charge in [0.2, 0.25) is 5.91 Å². The lowest BCUT2D eigenvalue weighted by molar-refractivity contribution is -0.115. The number of anilines is 2. The zero-order valence-electron chi connectivity index (χ0n) is 12.7.